The fourth-order valence-electron chi connectivity index (χ4n) is 8.67. The van der Waals surface area contributed by atoms with Crippen molar-refractivity contribution in [3.05, 3.63) is 221 Å². The summed E-state index contributed by atoms with van der Waals surface area (Å²) in [5.74, 6) is 2.37. The molecular weight excluding hydrogens is 669 g/mol. The Morgan fingerprint density at radius 2 is 0.909 bits per heavy atom. The van der Waals surface area contributed by atoms with Crippen molar-refractivity contribution in [3.8, 4) is 67.7 Å². The van der Waals surface area contributed by atoms with E-state index in [-0.39, 0.29) is 11.8 Å². The van der Waals surface area contributed by atoms with Gasteiger partial charge in [0.25, 0.3) is 0 Å². The maximum absolute atomic E-state index is 5.01. The molecule has 0 N–H and O–H groups in total. The molecule has 4 aliphatic carbocycles. The molecule has 2 unspecified atom stereocenters. The third-order valence-corrected chi connectivity index (χ3v) is 11.2. The Bertz CT molecular complexity index is 2880. The average molecular weight is 701 g/mol. The Labute approximate surface area is 319 Å². The average Bonchev–Trinajstić information content (AvgIpc) is 3.78. The van der Waals surface area contributed by atoms with Crippen molar-refractivity contribution in [2.24, 2.45) is 0 Å². The molecule has 6 aromatic carbocycles. The molecule has 0 spiro atoms. The lowest BCUT2D eigenvalue weighted by Crippen LogP contribution is -2.27. The van der Waals surface area contributed by atoms with Gasteiger partial charge in [0, 0.05) is 40.3 Å². The van der Waals surface area contributed by atoms with E-state index in [1.54, 1.807) is 0 Å². The first kappa shape index (κ1) is 31.3. The predicted octanol–water partition coefficient (Wildman–Crippen LogP) is 11.9. The van der Waals surface area contributed by atoms with E-state index in [4.69, 9.17) is 15.0 Å². The van der Waals surface area contributed by atoms with Gasteiger partial charge in [-0.15, -0.1) is 5.73 Å². The van der Waals surface area contributed by atoms with Crippen molar-refractivity contribution in [2.45, 2.75) is 11.8 Å². The van der Waals surface area contributed by atoms with E-state index in [0.29, 0.717) is 17.5 Å². The number of pyridine rings is 1. The van der Waals surface area contributed by atoms with Gasteiger partial charge in [0.2, 0.25) is 0 Å². The molecule has 2 atom stereocenters. The van der Waals surface area contributed by atoms with E-state index in [1.165, 1.54) is 44.5 Å². The van der Waals surface area contributed by atoms with Gasteiger partial charge in [-0.05, 0) is 86.0 Å². The summed E-state index contributed by atoms with van der Waals surface area (Å²) in [6.45, 7) is 0. The first-order chi connectivity index (χ1) is 27.3. The summed E-state index contributed by atoms with van der Waals surface area (Å²) in [7, 11) is 0. The zero-order valence-corrected chi connectivity index (χ0v) is 29.8. The third-order valence-electron chi connectivity index (χ3n) is 11.2. The number of benzene rings is 6. The van der Waals surface area contributed by atoms with Crippen LogP contribution >= 0.6 is 0 Å². The number of allylic oxidation sites excluding steroid dienone is 3. The standard InChI is InChI=1S/C51H32N4/c1-2-11-35(12-3-1)49-53-50(55-51(54-49)38-14-8-13-37(31-38)45-21-6-7-30-52-45)36-28-24-33(25-29-36)32-22-26-34(27-23-32)39-17-9-20-44-46-40-15-4-5-16-42(40)48(47(39)44)43-19-10-18-41(43)46/h1-9,11-31,46,48H. The first-order valence-electron chi connectivity index (χ1n) is 18.7. The summed E-state index contributed by atoms with van der Waals surface area (Å²) < 4.78 is 0. The normalized spacial score (nSPS) is 15.9. The van der Waals surface area contributed by atoms with Crippen molar-refractivity contribution in [3.63, 3.8) is 0 Å². The molecule has 0 saturated carbocycles. The summed E-state index contributed by atoms with van der Waals surface area (Å²) in [5.41, 5.74) is 21.5. The van der Waals surface area contributed by atoms with E-state index in [9.17, 15) is 0 Å². The van der Waals surface area contributed by atoms with Crippen molar-refractivity contribution in [1.82, 2.24) is 19.9 Å². The Hall–Kier alpha value is -7.26. The zero-order chi connectivity index (χ0) is 36.3. The molecule has 12 rings (SSSR count). The van der Waals surface area contributed by atoms with Gasteiger partial charge in [0.1, 0.15) is 0 Å². The second kappa shape index (κ2) is 12.7. The van der Waals surface area contributed by atoms with Crippen molar-refractivity contribution >= 4 is 0 Å². The highest BCUT2D eigenvalue weighted by molar-refractivity contribution is 5.81. The number of hydrogen-bond donors (Lipinski definition) is 0. The van der Waals surface area contributed by atoms with Crippen LogP contribution in [-0.4, -0.2) is 19.9 Å². The van der Waals surface area contributed by atoms with Gasteiger partial charge in [0.05, 0.1) is 5.69 Å². The quantitative estimate of drug-likeness (QED) is 0.162. The fraction of sp³-hybridized carbons (Fsp3) is 0.0392. The number of nitrogens with zero attached hydrogens (tertiary/aromatic N) is 4. The molecule has 8 aromatic rings. The molecule has 2 bridgehead atoms. The summed E-state index contributed by atoms with van der Waals surface area (Å²) in [6.07, 6.45) is 6.21. The van der Waals surface area contributed by atoms with Crippen molar-refractivity contribution < 1.29 is 0 Å². The molecule has 0 amide bonds. The summed E-state index contributed by atoms with van der Waals surface area (Å²) in [6, 6.07) is 57.6. The molecule has 0 radical (unpaired) electrons. The van der Waals surface area contributed by atoms with Crippen LogP contribution in [0.25, 0.3) is 67.7 Å². The van der Waals surface area contributed by atoms with Crippen LogP contribution in [0.4, 0.5) is 0 Å². The smallest absolute Gasteiger partial charge is 0.164 e. The molecule has 0 aliphatic heterocycles. The number of hydrogen-bond acceptors (Lipinski definition) is 4. The molecule has 4 nitrogen and oxygen atoms in total. The van der Waals surface area contributed by atoms with Crippen LogP contribution in [-0.2, 0) is 0 Å². The van der Waals surface area contributed by atoms with Crippen molar-refractivity contribution in [2.75, 3.05) is 0 Å². The Morgan fingerprint density at radius 3 is 1.62 bits per heavy atom. The lowest BCUT2D eigenvalue weighted by atomic mass is 9.60. The molecule has 4 heteroatoms. The van der Waals surface area contributed by atoms with Crippen LogP contribution in [0.2, 0.25) is 0 Å². The van der Waals surface area contributed by atoms with Crippen LogP contribution in [0, 0.1) is 0 Å². The molecule has 4 aliphatic rings. The monoisotopic (exact) mass is 700 g/mol. The van der Waals surface area contributed by atoms with E-state index in [0.717, 1.165) is 39.1 Å². The van der Waals surface area contributed by atoms with Crippen LogP contribution in [0.1, 0.15) is 34.1 Å². The van der Waals surface area contributed by atoms with Gasteiger partial charge in [-0.3, -0.25) is 4.98 Å². The Kier molecular flexibility index (Phi) is 7.22. The van der Waals surface area contributed by atoms with Crippen LogP contribution < -0.4 is 0 Å². The molecule has 2 aromatic heterocycles. The second-order valence-electron chi connectivity index (χ2n) is 14.3. The number of rotatable bonds is 6. The topological polar surface area (TPSA) is 51.6 Å². The highest BCUT2D eigenvalue weighted by Crippen LogP contribution is 2.58. The van der Waals surface area contributed by atoms with E-state index >= 15 is 0 Å². The maximum Gasteiger partial charge on any atom is 0.164 e. The highest BCUT2D eigenvalue weighted by Gasteiger charge is 2.43. The second-order valence-corrected chi connectivity index (χ2v) is 14.3. The minimum atomic E-state index is 0.226. The van der Waals surface area contributed by atoms with Crippen molar-refractivity contribution in [1.29, 1.82) is 0 Å². The van der Waals surface area contributed by atoms with Gasteiger partial charge in [-0.2, -0.15) is 0 Å². The molecule has 0 fully saturated rings. The van der Waals surface area contributed by atoms with Crippen LogP contribution in [0.5, 0.6) is 0 Å². The lowest BCUT2D eigenvalue weighted by Gasteiger charge is -2.42. The SMILES string of the molecule is C1=CC2=C(C=1)C1c3ccccc3C2c2cccc(-c3ccc(-c4ccc(-c5nc(-c6ccccc6)nc(-c6cccc(-c7ccccn7)c6)n5)cc4)cc3)c21. The van der Waals surface area contributed by atoms with Gasteiger partial charge in [-0.1, -0.05) is 146 Å². The minimum absolute atomic E-state index is 0.226. The molecule has 0 saturated heterocycles. The summed E-state index contributed by atoms with van der Waals surface area (Å²) in [4.78, 5) is 19.5. The minimum Gasteiger partial charge on any atom is -0.256 e. The molecule has 2 heterocycles. The van der Waals surface area contributed by atoms with E-state index in [1.807, 2.05) is 66.9 Å². The Morgan fingerprint density at radius 1 is 0.382 bits per heavy atom. The van der Waals surface area contributed by atoms with Gasteiger partial charge in [0.15, 0.2) is 17.5 Å². The highest BCUT2D eigenvalue weighted by atomic mass is 15.0. The Balaban J connectivity index is 0.924. The van der Waals surface area contributed by atoms with Crippen LogP contribution in [0.3, 0.4) is 0 Å². The lowest BCUT2D eigenvalue weighted by molar-refractivity contribution is 0.764. The molecule has 256 valence electrons. The predicted molar refractivity (Wildman–Crippen MR) is 220 cm³/mol. The maximum atomic E-state index is 5.01. The van der Waals surface area contributed by atoms with Gasteiger partial charge in [-0.25, -0.2) is 15.0 Å². The van der Waals surface area contributed by atoms with Gasteiger partial charge >= 0.3 is 0 Å². The van der Waals surface area contributed by atoms with E-state index in [2.05, 4.69) is 126 Å². The first-order valence-corrected chi connectivity index (χ1v) is 18.7. The zero-order valence-electron chi connectivity index (χ0n) is 29.8. The fourth-order valence-corrected chi connectivity index (χ4v) is 8.67. The van der Waals surface area contributed by atoms with Crippen LogP contribution in [0.15, 0.2) is 199 Å². The third kappa shape index (κ3) is 5.23. The molecule has 55 heavy (non-hydrogen) atoms. The van der Waals surface area contributed by atoms with E-state index < -0.39 is 0 Å². The van der Waals surface area contributed by atoms with Gasteiger partial charge < -0.3 is 0 Å². The largest absolute Gasteiger partial charge is 0.256 e. The summed E-state index contributed by atoms with van der Waals surface area (Å²) in [5, 5.41) is 0. The number of aromatic nitrogens is 4. The summed E-state index contributed by atoms with van der Waals surface area (Å²) >= 11 is 0. The molecular formula is C51H32N4.